The van der Waals surface area contributed by atoms with Crippen LogP contribution in [0, 0.1) is 0 Å². The van der Waals surface area contributed by atoms with E-state index in [-0.39, 0.29) is 30.3 Å². The molecule has 46 heavy (non-hydrogen) atoms. The summed E-state index contributed by atoms with van der Waals surface area (Å²) in [5, 5.41) is 5.89. The highest BCUT2D eigenvalue weighted by Crippen LogP contribution is 2.47. The van der Waals surface area contributed by atoms with Crippen LogP contribution in [0.2, 0.25) is 0 Å². The number of carbonyl (C=O) groups is 3. The van der Waals surface area contributed by atoms with Gasteiger partial charge in [0.2, 0.25) is 11.8 Å². The molecule has 0 atom stereocenters. The van der Waals surface area contributed by atoms with Crippen LogP contribution in [-0.4, -0.2) is 24.4 Å². The number of nitrogen functional groups attached to an aromatic ring is 2. The topological polar surface area (TPSA) is 137 Å². The van der Waals surface area contributed by atoms with Gasteiger partial charge in [0, 0.05) is 47.9 Å². The Morgan fingerprint density at radius 2 is 1.13 bits per heavy atom. The van der Waals surface area contributed by atoms with Gasteiger partial charge in [0.05, 0.1) is 0 Å². The first-order valence-corrected chi connectivity index (χ1v) is 16.0. The molecule has 0 bridgehead atoms. The molecule has 0 aliphatic heterocycles. The molecule has 2 amide bonds. The Hall–Kier alpha value is -5.11. The van der Waals surface area contributed by atoms with Crippen molar-refractivity contribution in [1.29, 1.82) is 0 Å². The van der Waals surface area contributed by atoms with Crippen molar-refractivity contribution in [2.45, 2.75) is 65.2 Å². The maximum Gasteiger partial charge on any atom is 0.305 e. The van der Waals surface area contributed by atoms with Gasteiger partial charge in [0.1, 0.15) is 6.61 Å². The smallest absolute Gasteiger partial charge is 0.305 e. The maximum atomic E-state index is 12.0. The average molecular weight is 619 g/mol. The fourth-order valence-corrected chi connectivity index (χ4v) is 6.13. The van der Waals surface area contributed by atoms with Crippen molar-refractivity contribution < 1.29 is 19.1 Å². The van der Waals surface area contributed by atoms with E-state index in [4.69, 9.17) is 16.2 Å². The van der Waals surface area contributed by atoms with Crippen molar-refractivity contribution >= 4 is 40.5 Å². The predicted octanol–water partition coefficient (Wildman–Crippen LogP) is 7.65. The first kappa shape index (κ1) is 32.3. The van der Waals surface area contributed by atoms with Gasteiger partial charge in [0.15, 0.2) is 0 Å². The molecule has 2 aliphatic carbocycles. The van der Waals surface area contributed by atoms with E-state index in [9.17, 15) is 14.4 Å². The van der Waals surface area contributed by atoms with Gasteiger partial charge in [-0.2, -0.15) is 0 Å². The first-order valence-electron chi connectivity index (χ1n) is 16.0. The van der Waals surface area contributed by atoms with Crippen molar-refractivity contribution in [3.8, 4) is 22.3 Å². The van der Waals surface area contributed by atoms with Crippen molar-refractivity contribution in [2.24, 2.45) is 0 Å². The van der Waals surface area contributed by atoms with Crippen molar-refractivity contribution in [3.05, 3.63) is 95.1 Å². The molecule has 0 fully saturated rings. The molecule has 0 saturated carbocycles. The normalized spacial score (nSPS) is 12.2. The Kier molecular flexibility index (Phi) is 10.1. The van der Waals surface area contributed by atoms with Crippen LogP contribution in [0.15, 0.2) is 72.8 Å². The lowest BCUT2D eigenvalue weighted by atomic mass is 9.97. The lowest BCUT2D eigenvalue weighted by Gasteiger charge is -2.16. The monoisotopic (exact) mass is 618 g/mol. The zero-order chi connectivity index (χ0) is 32.8. The Balaban J connectivity index is 0.000000229. The minimum Gasteiger partial charge on any atom is -0.465 e. The van der Waals surface area contributed by atoms with Crippen molar-refractivity contribution in [2.75, 3.05) is 28.7 Å². The summed E-state index contributed by atoms with van der Waals surface area (Å²) >= 11 is 0. The number of fused-ring (bicyclic) bond motifs is 6. The van der Waals surface area contributed by atoms with E-state index in [0.29, 0.717) is 19.3 Å². The van der Waals surface area contributed by atoms with Gasteiger partial charge in [-0.15, -0.1) is 0 Å². The van der Waals surface area contributed by atoms with Gasteiger partial charge in [-0.25, -0.2) is 0 Å². The number of ether oxygens (including phenoxy) is 1. The third kappa shape index (κ3) is 7.23. The minimum atomic E-state index is -0.255. The Bertz CT molecular complexity index is 1660. The van der Waals surface area contributed by atoms with Crippen LogP contribution in [0.3, 0.4) is 0 Å². The highest BCUT2D eigenvalue weighted by Gasteiger charge is 2.30. The molecule has 0 spiro atoms. The Morgan fingerprint density at radius 1 is 0.674 bits per heavy atom. The molecule has 0 radical (unpaired) electrons. The number of benzene rings is 4. The largest absolute Gasteiger partial charge is 0.465 e. The van der Waals surface area contributed by atoms with E-state index in [0.717, 1.165) is 64.3 Å². The summed E-state index contributed by atoms with van der Waals surface area (Å²) in [6.45, 7) is 5.91. The molecule has 4 aromatic rings. The summed E-state index contributed by atoms with van der Waals surface area (Å²) in [4.78, 5) is 35.9. The number of nitrogens with one attached hydrogen (secondary N) is 2. The van der Waals surface area contributed by atoms with Gasteiger partial charge in [0.25, 0.3) is 0 Å². The predicted molar refractivity (Wildman–Crippen MR) is 186 cm³/mol. The SMILES string of the molecule is CCCC(=O)Nc1ccc2c(c1)C(COC(=O)CC)c1cc(NC(=O)CCC)ccc1-2.Nc1ccc2c(c1)Cc1cc(N)ccc1-2. The molecule has 2 aliphatic rings. The molecule has 0 unspecified atom stereocenters. The molecule has 0 aromatic heterocycles. The third-order valence-electron chi connectivity index (χ3n) is 8.30. The summed E-state index contributed by atoms with van der Waals surface area (Å²) in [6.07, 6.45) is 3.76. The molecule has 238 valence electrons. The molecule has 0 saturated heterocycles. The summed E-state index contributed by atoms with van der Waals surface area (Å²) in [6, 6.07) is 23.9. The average Bonchev–Trinajstić information content (AvgIpc) is 3.53. The van der Waals surface area contributed by atoms with E-state index >= 15 is 0 Å². The lowest BCUT2D eigenvalue weighted by Crippen LogP contribution is -2.14. The van der Waals surface area contributed by atoms with Crippen LogP contribution in [0.1, 0.15) is 81.0 Å². The summed E-state index contributed by atoms with van der Waals surface area (Å²) in [5.74, 6) is -0.456. The Labute approximate surface area is 270 Å². The van der Waals surface area contributed by atoms with E-state index < -0.39 is 0 Å². The van der Waals surface area contributed by atoms with Crippen molar-refractivity contribution in [1.82, 2.24) is 0 Å². The first-order chi connectivity index (χ1) is 22.2. The summed E-state index contributed by atoms with van der Waals surface area (Å²) in [5.41, 5.74) is 23.9. The van der Waals surface area contributed by atoms with Gasteiger partial charge in [-0.05, 0) is 112 Å². The van der Waals surface area contributed by atoms with Crippen LogP contribution in [0.4, 0.5) is 22.7 Å². The second kappa shape index (κ2) is 14.3. The number of carbonyl (C=O) groups excluding carboxylic acids is 3. The third-order valence-corrected chi connectivity index (χ3v) is 8.30. The van der Waals surface area contributed by atoms with E-state index in [1.54, 1.807) is 6.92 Å². The van der Waals surface area contributed by atoms with Gasteiger partial charge < -0.3 is 26.8 Å². The van der Waals surface area contributed by atoms with Crippen LogP contribution >= 0.6 is 0 Å². The number of hydrogen-bond donors (Lipinski definition) is 4. The molecule has 8 nitrogen and oxygen atoms in total. The van der Waals surface area contributed by atoms with Crippen LogP contribution in [0.5, 0.6) is 0 Å². The number of amides is 2. The minimum absolute atomic E-state index is 0.0205. The second-order valence-corrected chi connectivity index (χ2v) is 11.8. The van der Waals surface area contributed by atoms with Crippen molar-refractivity contribution in [3.63, 3.8) is 0 Å². The van der Waals surface area contributed by atoms with Gasteiger partial charge in [-0.3, -0.25) is 14.4 Å². The number of rotatable bonds is 9. The van der Waals surface area contributed by atoms with Crippen LogP contribution in [0.25, 0.3) is 22.3 Å². The standard InChI is InChI=1S/C25H30N2O4.C13H12N2/c1-4-7-23(28)26-16-9-11-18-19-12-10-17(27-24(29)8-5-2)14-21(19)22(20(18)13-16)15-31-25(30)6-3;14-10-1-3-12-8(6-10)5-9-7-11(15)2-4-13(9)12/h9-14,22H,4-8,15H2,1-3H3,(H,26,28)(H,27,29);1-4,6-7H,5,14-15H2. The molecule has 4 aromatic carbocycles. The molecule has 0 heterocycles. The number of esters is 1. The molecule has 6 rings (SSSR count). The van der Waals surface area contributed by atoms with Gasteiger partial charge in [-0.1, -0.05) is 45.0 Å². The fraction of sp³-hybridized carbons (Fsp3) is 0.289. The number of anilines is 4. The zero-order valence-electron chi connectivity index (χ0n) is 26.7. The molecular weight excluding hydrogens is 576 g/mol. The van der Waals surface area contributed by atoms with E-state index in [2.05, 4.69) is 22.8 Å². The number of nitrogens with two attached hydrogens (primary N) is 2. The van der Waals surface area contributed by atoms with E-state index in [1.165, 1.54) is 22.3 Å². The zero-order valence-corrected chi connectivity index (χ0v) is 26.7. The highest BCUT2D eigenvalue weighted by molar-refractivity contribution is 5.94. The molecule has 8 heteroatoms. The Morgan fingerprint density at radius 3 is 1.57 bits per heavy atom. The lowest BCUT2D eigenvalue weighted by molar-refractivity contribution is -0.143. The molecular formula is C38H42N4O4. The van der Waals surface area contributed by atoms with Crippen LogP contribution in [-0.2, 0) is 25.5 Å². The van der Waals surface area contributed by atoms with Gasteiger partial charge >= 0.3 is 5.97 Å². The number of hydrogen-bond acceptors (Lipinski definition) is 6. The highest BCUT2D eigenvalue weighted by atomic mass is 16.5. The summed E-state index contributed by atoms with van der Waals surface area (Å²) < 4.78 is 5.49. The molecule has 6 N–H and O–H groups in total. The maximum absolute atomic E-state index is 12.0. The summed E-state index contributed by atoms with van der Waals surface area (Å²) in [7, 11) is 0. The van der Waals surface area contributed by atoms with E-state index in [1.807, 2.05) is 74.5 Å². The second-order valence-electron chi connectivity index (χ2n) is 11.8. The fourth-order valence-electron chi connectivity index (χ4n) is 6.13. The quantitative estimate of drug-likeness (QED) is 0.0989. The van der Waals surface area contributed by atoms with Crippen LogP contribution < -0.4 is 22.1 Å².